The van der Waals surface area contributed by atoms with E-state index in [1.165, 1.54) is 0 Å². The van der Waals surface area contributed by atoms with Crippen molar-refractivity contribution < 1.29 is 4.74 Å². The highest BCUT2D eigenvalue weighted by Crippen LogP contribution is 2.33. The van der Waals surface area contributed by atoms with Gasteiger partial charge < -0.3 is 15.4 Å². The van der Waals surface area contributed by atoms with E-state index in [-0.39, 0.29) is 22.2 Å². The minimum absolute atomic E-state index is 0.00515. The Hall–Kier alpha value is -0.910. The van der Waals surface area contributed by atoms with Gasteiger partial charge in [0.25, 0.3) is 6.02 Å². The van der Waals surface area contributed by atoms with Crippen LogP contribution in [0.15, 0.2) is 9.98 Å². The highest BCUT2D eigenvalue weighted by Gasteiger charge is 2.35. The van der Waals surface area contributed by atoms with E-state index in [1.54, 1.807) is 0 Å². The number of hydrogen-bond acceptors (Lipinski definition) is 6. The van der Waals surface area contributed by atoms with Gasteiger partial charge in [-0.05, 0) is 68.2 Å². The molecule has 1 unspecified atom stereocenters. The van der Waals surface area contributed by atoms with Crippen LogP contribution in [0, 0.1) is 0 Å². The summed E-state index contributed by atoms with van der Waals surface area (Å²) in [5, 5.41) is 8.03. The van der Waals surface area contributed by atoms with Crippen LogP contribution in [-0.2, 0) is 4.74 Å². The van der Waals surface area contributed by atoms with Gasteiger partial charge in [0, 0.05) is 16.8 Å². The van der Waals surface area contributed by atoms with E-state index >= 15 is 0 Å². The number of hydrogen-bond donors (Lipinski definition) is 2. The van der Waals surface area contributed by atoms with Gasteiger partial charge in [-0.25, -0.2) is 4.99 Å². The molecule has 0 saturated heterocycles. The van der Waals surface area contributed by atoms with E-state index < -0.39 is 0 Å². The third-order valence-corrected chi connectivity index (χ3v) is 5.31. The van der Waals surface area contributed by atoms with E-state index in [0.717, 1.165) is 23.8 Å². The van der Waals surface area contributed by atoms with Crippen LogP contribution in [0.3, 0.4) is 0 Å². The minimum Gasteiger partial charge on any atom is -0.463 e. The summed E-state index contributed by atoms with van der Waals surface area (Å²) >= 11 is 1.83. The van der Waals surface area contributed by atoms with Crippen molar-refractivity contribution in [1.29, 1.82) is 0 Å². The van der Waals surface area contributed by atoms with E-state index in [4.69, 9.17) is 9.73 Å². The molecule has 6 heteroatoms. The molecule has 0 saturated carbocycles. The molecule has 24 heavy (non-hydrogen) atoms. The zero-order valence-corrected chi connectivity index (χ0v) is 17.4. The summed E-state index contributed by atoms with van der Waals surface area (Å²) in [5.74, 6) is 1.03. The zero-order valence-electron chi connectivity index (χ0n) is 16.5. The van der Waals surface area contributed by atoms with Crippen molar-refractivity contribution in [3.05, 3.63) is 0 Å². The average Bonchev–Trinajstić information content (AvgIpc) is 2.89. The van der Waals surface area contributed by atoms with Crippen LogP contribution in [0.25, 0.3) is 0 Å². The highest BCUT2D eigenvalue weighted by molar-refractivity contribution is 8.14. The molecule has 0 aromatic rings. The molecule has 0 aliphatic carbocycles. The van der Waals surface area contributed by atoms with Crippen molar-refractivity contribution in [2.75, 3.05) is 12.4 Å². The van der Waals surface area contributed by atoms with Gasteiger partial charge in [0.2, 0.25) is 0 Å². The summed E-state index contributed by atoms with van der Waals surface area (Å²) in [4.78, 5) is 9.54. The molecular weight excluding hydrogens is 320 g/mol. The maximum atomic E-state index is 5.67. The Morgan fingerprint density at radius 3 is 2.29 bits per heavy atom. The molecular formula is C18H34N4OS. The second kappa shape index (κ2) is 6.43. The molecule has 1 atom stereocenters. The molecule has 2 N–H and O–H groups in total. The number of thioether (sulfide) groups is 1. The summed E-state index contributed by atoms with van der Waals surface area (Å²) in [5.41, 5.74) is -0.134. The molecule has 2 aliphatic rings. The van der Waals surface area contributed by atoms with Gasteiger partial charge in [-0.2, -0.15) is 0 Å². The largest absolute Gasteiger partial charge is 0.463 e. The lowest BCUT2D eigenvalue weighted by Crippen LogP contribution is -2.45. The standard InChI is InChI=1S/C18H34N4OS/c1-15(2,3)21-14-22-18(8,12-24-14)10-9-16(4,5)19-13-20-17(6,7)11-23-13/h9-12H2,1-8H3,(H,19,20)(H,21,22). The van der Waals surface area contributed by atoms with Crippen molar-refractivity contribution in [3.63, 3.8) is 0 Å². The number of rotatable bonds is 4. The summed E-state index contributed by atoms with van der Waals surface area (Å²) in [6.45, 7) is 18.0. The topological polar surface area (TPSA) is 58.0 Å². The van der Waals surface area contributed by atoms with Crippen molar-refractivity contribution in [1.82, 2.24) is 10.6 Å². The smallest absolute Gasteiger partial charge is 0.285 e. The first-order chi connectivity index (χ1) is 10.8. The maximum absolute atomic E-state index is 5.67. The zero-order chi connectivity index (χ0) is 18.2. The Morgan fingerprint density at radius 2 is 1.75 bits per heavy atom. The number of nitrogens with zero attached hydrogens (tertiary/aromatic N) is 2. The van der Waals surface area contributed by atoms with Crippen molar-refractivity contribution >= 4 is 23.0 Å². The fraction of sp³-hybridized carbons (Fsp3) is 0.889. The van der Waals surface area contributed by atoms with E-state index in [2.05, 4.69) is 71.0 Å². The SMILES string of the molecule is CC1(C)COC(NC(C)(C)CCC2(C)CSC(NC(C)(C)C)=N2)=N1. The molecule has 0 aromatic heterocycles. The first-order valence-electron chi connectivity index (χ1n) is 8.79. The van der Waals surface area contributed by atoms with E-state index in [1.807, 2.05) is 11.8 Å². The number of amidine groups is 2. The van der Waals surface area contributed by atoms with Crippen LogP contribution < -0.4 is 10.6 Å². The molecule has 2 rings (SSSR count). The van der Waals surface area contributed by atoms with Crippen LogP contribution >= 0.6 is 11.8 Å². The molecule has 138 valence electrons. The summed E-state index contributed by atoms with van der Waals surface area (Å²) in [7, 11) is 0. The van der Waals surface area contributed by atoms with E-state index in [0.29, 0.717) is 12.6 Å². The second-order valence-corrected chi connectivity index (χ2v) is 10.6. The number of nitrogens with one attached hydrogen (secondary N) is 2. The molecule has 0 spiro atoms. The van der Waals surface area contributed by atoms with Crippen LogP contribution in [0.1, 0.15) is 68.2 Å². The van der Waals surface area contributed by atoms with Crippen molar-refractivity contribution in [3.8, 4) is 0 Å². The summed E-state index contributed by atoms with van der Waals surface area (Å²) in [6.07, 6.45) is 2.05. The van der Waals surface area contributed by atoms with Crippen LogP contribution in [0.4, 0.5) is 0 Å². The Kier molecular flexibility index (Phi) is 5.20. The average molecular weight is 355 g/mol. The van der Waals surface area contributed by atoms with Gasteiger partial charge in [0.15, 0.2) is 5.17 Å². The predicted octanol–water partition coefficient (Wildman–Crippen LogP) is 3.55. The lowest BCUT2D eigenvalue weighted by atomic mass is 9.90. The Morgan fingerprint density at radius 1 is 1.08 bits per heavy atom. The molecule has 0 amide bonds. The highest BCUT2D eigenvalue weighted by atomic mass is 32.2. The van der Waals surface area contributed by atoms with E-state index in [9.17, 15) is 0 Å². The molecule has 0 fully saturated rings. The third kappa shape index (κ3) is 5.87. The number of ether oxygens (including phenoxy) is 1. The van der Waals surface area contributed by atoms with Gasteiger partial charge >= 0.3 is 0 Å². The molecule has 0 bridgehead atoms. The second-order valence-electron chi connectivity index (χ2n) is 9.60. The monoisotopic (exact) mass is 354 g/mol. The van der Waals surface area contributed by atoms with Gasteiger partial charge in [0.1, 0.15) is 6.61 Å². The van der Waals surface area contributed by atoms with Crippen LogP contribution in [0.5, 0.6) is 0 Å². The maximum Gasteiger partial charge on any atom is 0.285 e. The van der Waals surface area contributed by atoms with Gasteiger partial charge in [-0.15, -0.1) is 0 Å². The summed E-state index contributed by atoms with van der Waals surface area (Å²) in [6, 6.07) is 0.675. The van der Waals surface area contributed by atoms with Crippen molar-refractivity contribution in [2.24, 2.45) is 9.98 Å². The Balaban J connectivity index is 1.90. The fourth-order valence-electron chi connectivity index (χ4n) is 2.63. The molecule has 5 nitrogen and oxygen atoms in total. The predicted molar refractivity (Wildman–Crippen MR) is 105 cm³/mol. The van der Waals surface area contributed by atoms with Gasteiger partial charge in [0.05, 0.1) is 11.1 Å². The van der Waals surface area contributed by atoms with Gasteiger partial charge in [-0.1, -0.05) is 11.8 Å². The van der Waals surface area contributed by atoms with Crippen molar-refractivity contribution in [2.45, 2.75) is 90.4 Å². The third-order valence-electron chi connectivity index (χ3n) is 4.07. The lowest BCUT2D eigenvalue weighted by molar-refractivity contribution is 0.254. The van der Waals surface area contributed by atoms with Gasteiger partial charge in [-0.3, -0.25) is 4.99 Å². The fourth-order valence-corrected chi connectivity index (χ4v) is 3.95. The quantitative estimate of drug-likeness (QED) is 0.810. The Bertz CT molecular complexity index is 534. The Labute approximate surface area is 151 Å². The van der Waals surface area contributed by atoms with Crippen LogP contribution in [0.2, 0.25) is 0 Å². The molecule has 0 aromatic carbocycles. The first-order valence-corrected chi connectivity index (χ1v) is 9.78. The minimum atomic E-state index is -0.121. The molecule has 2 heterocycles. The first kappa shape index (κ1) is 19.4. The normalized spacial score (nSPS) is 26.7. The number of aliphatic imine (C=N–C) groups is 2. The lowest BCUT2D eigenvalue weighted by Gasteiger charge is -2.30. The summed E-state index contributed by atoms with van der Waals surface area (Å²) < 4.78 is 5.67. The molecule has 2 aliphatic heterocycles. The molecule has 0 radical (unpaired) electrons. The van der Waals surface area contributed by atoms with Crippen LogP contribution in [-0.4, -0.2) is 45.7 Å².